The molecule has 0 unspecified atom stereocenters. The maximum absolute atomic E-state index is 13.9. The van der Waals surface area contributed by atoms with Crippen LogP contribution in [0.3, 0.4) is 0 Å². The zero-order valence-electron chi connectivity index (χ0n) is 12.4. The van der Waals surface area contributed by atoms with Crippen molar-refractivity contribution in [2.45, 2.75) is 6.92 Å². The van der Waals surface area contributed by atoms with Crippen molar-refractivity contribution in [1.82, 2.24) is 20.2 Å². The number of nitrogens with one attached hydrogen (secondary N) is 2. The van der Waals surface area contributed by atoms with Crippen LogP contribution in [0.15, 0.2) is 29.2 Å². The Morgan fingerprint density at radius 2 is 2.12 bits per heavy atom. The van der Waals surface area contributed by atoms with Crippen molar-refractivity contribution in [2.75, 3.05) is 5.73 Å². The number of benzene rings is 1. The van der Waals surface area contributed by atoms with Crippen LogP contribution < -0.4 is 11.3 Å². The van der Waals surface area contributed by atoms with Crippen LogP contribution in [-0.4, -0.2) is 20.2 Å². The molecule has 0 atom stereocenters. The molecule has 1 aromatic carbocycles. The highest BCUT2D eigenvalue weighted by atomic mass is 35.5. The summed E-state index contributed by atoms with van der Waals surface area (Å²) in [5.74, 6) is -0.445. The van der Waals surface area contributed by atoms with Crippen LogP contribution >= 0.6 is 11.6 Å². The molecule has 4 rings (SSSR count). The van der Waals surface area contributed by atoms with E-state index in [0.29, 0.717) is 33.1 Å². The molecule has 6 nitrogen and oxygen atoms in total. The lowest BCUT2D eigenvalue weighted by Gasteiger charge is -2.12. The summed E-state index contributed by atoms with van der Waals surface area (Å²) in [5.41, 5.74) is 7.96. The number of fused-ring (bicyclic) bond motifs is 2. The summed E-state index contributed by atoms with van der Waals surface area (Å²) < 4.78 is 13.9. The van der Waals surface area contributed by atoms with Crippen molar-refractivity contribution in [2.24, 2.45) is 0 Å². The Bertz CT molecular complexity index is 1180. The fourth-order valence-electron chi connectivity index (χ4n) is 2.91. The number of aryl methyl sites for hydroxylation is 1. The van der Waals surface area contributed by atoms with E-state index in [0.717, 1.165) is 0 Å². The summed E-state index contributed by atoms with van der Waals surface area (Å²) >= 11 is 6.31. The van der Waals surface area contributed by atoms with E-state index >= 15 is 0 Å². The molecule has 4 aromatic rings. The molecule has 0 amide bonds. The first-order valence-electron chi connectivity index (χ1n) is 7.08. The SMILES string of the molecule is Cc1cc2[nH]c(=O)c(N)c(-c3ccc(F)c4[nH]ncc34)c2c(Cl)n1. The van der Waals surface area contributed by atoms with Crippen LogP contribution in [0.25, 0.3) is 32.9 Å². The van der Waals surface area contributed by atoms with Crippen molar-refractivity contribution in [3.63, 3.8) is 0 Å². The number of hydrogen-bond donors (Lipinski definition) is 3. The highest BCUT2D eigenvalue weighted by molar-refractivity contribution is 6.35. The van der Waals surface area contributed by atoms with Gasteiger partial charge in [-0.1, -0.05) is 17.7 Å². The molecule has 0 saturated carbocycles. The molecule has 0 aliphatic carbocycles. The molecule has 8 heteroatoms. The predicted octanol–water partition coefficient (Wildman–Crippen LogP) is 3.15. The highest BCUT2D eigenvalue weighted by Gasteiger charge is 2.19. The lowest BCUT2D eigenvalue weighted by molar-refractivity contribution is 0.636. The van der Waals surface area contributed by atoms with E-state index in [2.05, 4.69) is 20.2 Å². The van der Waals surface area contributed by atoms with Crippen LogP contribution in [-0.2, 0) is 0 Å². The second-order valence-electron chi connectivity index (χ2n) is 5.47. The molecule has 0 fully saturated rings. The third-order valence-electron chi connectivity index (χ3n) is 3.95. The fraction of sp³-hybridized carbons (Fsp3) is 0.0625. The number of halogens is 2. The van der Waals surface area contributed by atoms with Crippen molar-refractivity contribution < 1.29 is 4.39 Å². The van der Waals surface area contributed by atoms with Crippen LogP contribution in [0.4, 0.5) is 10.1 Å². The average molecular weight is 344 g/mol. The van der Waals surface area contributed by atoms with Crippen molar-refractivity contribution in [1.29, 1.82) is 0 Å². The molecule has 4 N–H and O–H groups in total. The smallest absolute Gasteiger partial charge is 0.272 e. The number of H-pyrrole nitrogens is 2. The molecule has 0 spiro atoms. The van der Waals surface area contributed by atoms with Gasteiger partial charge in [-0.05, 0) is 24.6 Å². The number of nitrogens with two attached hydrogens (primary N) is 1. The highest BCUT2D eigenvalue weighted by Crippen LogP contribution is 2.38. The molecular formula is C16H11ClFN5O. The third kappa shape index (κ3) is 1.98. The van der Waals surface area contributed by atoms with E-state index in [4.69, 9.17) is 17.3 Å². The van der Waals surface area contributed by atoms with Gasteiger partial charge < -0.3 is 10.7 Å². The van der Waals surface area contributed by atoms with Crippen LogP contribution in [0.5, 0.6) is 0 Å². The number of pyridine rings is 2. The Kier molecular flexibility index (Phi) is 3.07. The molecule has 0 bridgehead atoms. The van der Waals surface area contributed by atoms with Gasteiger partial charge >= 0.3 is 0 Å². The summed E-state index contributed by atoms with van der Waals surface area (Å²) in [6.45, 7) is 1.77. The van der Waals surface area contributed by atoms with E-state index in [1.807, 2.05) is 0 Å². The zero-order chi connectivity index (χ0) is 17.0. The number of aromatic nitrogens is 4. The number of nitrogens with zero attached hydrogens (tertiary/aromatic N) is 2. The van der Waals surface area contributed by atoms with Crippen molar-refractivity contribution in [3.8, 4) is 11.1 Å². The molecule has 3 heterocycles. The van der Waals surface area contributed by atoms with Gasteiger partial charge in [0, 0.05) is 22.0 Å². The average Bonchev–Trinajstić information content (AvgIpc) is 3.01. The van der Waals surface area contributed by atoms with Gasteiger partial charge in [0.15, 0.2) is 0 Å². The van der Waals surface area contributed by atoms with Crippen molar-refractivity contribution in [3.05, 3.63) is 51.4 Å². The molecule has 0 saturated heterocycles. The molecule has 0 radical (unpaired) electrons. The molecule has 120 valence electrons. The van der Waals surface area contributed by atoms with Gasteiger partial charge in [0.25, 0.3) is 5.56 Å². The molecule has 3 aromatic heterocycles. The van der Waals surface area contributed by atoms with E-state index < -0.39 is 11.4 Å². The number of hydrogen-bond acceptors (Lipinski definition) is 4. The minimum atomic E-state index is -0.445. The number of nitrogen functional groups attached to an aromatic ring is 1. The van der Waals surface area contributed by atoms with E-state index in [9.17, 15) is 9.18 Å². The monoisotopic (exact) mass is 343 g/mol. The number of aromatic amines is 2. The first-order chi connectivity index (χ1) is 11.5. The van der Waals surface area contributed by atoms with Gasteiger partial charge in [0.2, 0.25) is 0 Å². The topological polar surface area (TPSA) is 100 Å². The third-order valence-corrected chi connectivity index (χ3v) is 4.22. The van der Waals surface area contributed by atoms with Gasteiger partial charge in [-0.2, -0.15) is 5.10 Å². The zero-order valence-corrected chi connectivity index (χ0v) is 13.2. The van der Waals surface area contributed by atoms with Crippen LogP contribution in [0.2, 0.25) is 5.15 Å². The summed E-state index contributed by atoms with van der Waals surface area (Å²) in [7, 11) is 0. The Morgan fingerprint density at radius 3 is 2.92 bits per heavy atom. The van der Waals surface area contributed by atoms with Gasteiger partial charge in [-0.15, -0.1) is 0 Å². The van der Waals surface area contributed by atoms with Gasteiger partial charge in [0.1, 0.15) is 22.2 Å². The van der Waals surface area contributed by atoms with Crippen LogP contribution in [0, 0.1) is 12.7 Å². The van der Waals surface area contributed by atoms with E-state index in [1.165, 1.54) is 12.3 Å². The largest absolute Gasteiger partial charge is 0.394 e. The Hall–Kier alpha value is -2.93. The van der Waals surface area contributed by atoms with Gasteiger partial charge in [-0.25, -0.2) is 9.37 Å². The lowest BCUT2D eigenvalue weighted by atomic mass is 9.97. The molecular weight excluding hydrogens is 333 g/mol. The summed E-state index contributed by atoms with van der Waals surface area (Å²) in [6.07, 6.45) is 1.48. The summed E-state index contributed by atoms with van der Waals surface area (Å²) in [4.78, 5) is 19.2. The van der Waals surface area contributed by atoms with Crippen molar-refractivity contribution >= 4 is 39.1 Å². The number of anilines is 1. The Balaban J connectivity index is 2.24. The van der Waals surface area contributed by atoms with E-state index in [1.54, 1.807) is 19.1 Å². The number of rotatable bonds is 1. The maximum atomic E-state index is 13.9. The molecule has 24 heavy (non-hydrogen) atoms. The second kappa shape index (κ2) is 5.04. The summed E-state index contributed by atoms with van der Waals surface area (Å²) in [6, 6.07) is 4.55. The predicted molar refractivity (Wildman–Crippen MR) is 91.6 cm³/mol. The molecule has 0 aliphatic rings. The van der Waals surface area contributed by atoms with Gasteiger partial charge in [0.05, 0.1) is 11.7 Å². The standard InChI is InChI=1S/C16H11ClFN5O/c1-6-4-10-12(15(17)21-6)11(13(19)16(24)22-10)7-2-3-9(18)14-8(7)5-20-23-14/h2-5H,19H2,1H3,(H,20,23)(H,22,24). The lowest BCUT2D eigenvalue weighted by Crippen LogP contribution is -2.14. The Morgan fingerprint density at radius 1 is 1.33 bits per heavy atom. The fourth-order valence-corrected chi connectivity index (χ4v) is 3.24. The quantitative estimate of drug-likeness (QED) is 0.462. The van der Waals surface area contributed by atoms with E-state index in [-0.39, 0.29) is 16.4 Å². The second-order valence-corrected chi connectivity index (χ2v) is 5.83. The normalized spacial score (nSPS) is 11.5. The maximum Gasteiger partial charge on any atom is 0.272 e. The van der Waals surface area contributed by atoms with Crippen LogP contribution in [0.1, 0.15) is 5.69 Å². The first kappa shape index (κ1) is 14.6. The first-order valence-corrected chi connectivity index (χ1v) is 7.45. The minimum Gasteiger partial charge on any atom is -0.394 e. The van der Waals surface area contributed by atoms with Gasteiger partial charge in [-0.3, -0.25) is 9.89 Å². The minimum absolute atomic E-state index is 0.0100. The molecule has 0 aliphatic heterocycles. The Labute approximate surface area is 139 Å². The summed E-state index contributed by atoms with van der Waals surface area (Å²) in [5, 5.41) is 7.70.